The van der Waals surface area contributed by atoms with Crippen LogP contribution in [0.25, 0.3) is 11.0 Å². The standard InChI is InChI=1S/C25H16FN3O4/c26-17-5-3-4-15(10-17)13-29-21-7-2-1-6-19(21)23(25(29)32)28-27-12-16-14-33-22-11-18(30)8-9-20(22)24(16)31/h1-12,14,30H,13H2/b27-12+,28-23-. The molecule has 0 bridgehead atoms. The zero-order valence-corrected chi connectivity index (χ0v) is 17.1. The molecule has 0 unspecified atom stereocenters. The Kier molecular flexibility index (Phi) is 5.02. The molecular weight excluding hydrogens is 425 g/mol. The number of rotatable bonds is 4. The predicted octanol–water partition coefficient (Wildman–Crippen LogP) is 4.01. The Morgan fingerprint density at radius 3 is 2.73 bits per heavy atom. The minimum atomic E-state index is -0.379. The van der Waals surface area contributed by atoms with E-state index in [2.05, 4.69) is 10.2 Å². The van der Waals surface area contributed by atoms with Crippen molar-refractivity contribution in [3.63, 3.8) is 0 Å². The van der Waals surface area contributed by atoms with Crippen molar-refractivity contribution in [3.8, 4) is 5.75 Å². The highest BCUT2D eigenvalue weighted by molar-refractivity contribution is 6.54. The number of aromatic hydroxyl groups is 1. The van der Waals surface area contributed by atoms with Crippen molar-refractivity contribution in [3.05, 3.63) is 106 Å². The molecule has 162 valence electrons. The predicted molar refractivity (Wildman–Crippen MR) is 122 cm³/mol. The van der Waals surface area contributed by atoms with Crippen molar-refractivity contribution in [1.29, 1.82) is 0 Å². The molecule has 2 heterocycles. The first-order chi connectivity index (χ1) is 16.0. The number of amides is 1. The molecule has 0 radical (unpaired) electrons. The number of para-hydroxylation sites is 1. The average molecular weight is 441 g/mol. The van der Waals surface area contributed by atoms with Gasteiger partial charge in [-0.3, -0.25) is 9.59 Å². The Morgan fingerprint density at radius 2 is 1.88 bits per heavy atom. The molecule has 0 saturated carbocycles. The number of carbonyl (C=O) groups excluding carboxylic acids is 1. The fourth-order valence-corrected chi connectivity index (χ4v) is 3.70. The van der Waals surface area contributed by atoms with Gasteiger partial charge >= 0.3 is 0 Å². The van der Waals surface area contributed by atoms with Crippen LogP contribution in [0.1, 0.15) is 16.7 Å². The SMILES string of the molecule is O=C1/C(=N\N=C\c2coc3cc(O)ccc3c2=O)c2ccccc2N1Cc1cccc(F)c1. The second-order valence-electron chi connectivity index (χ2n) is 7.43. The molecule has 5 rings (SSSR count). The summed E-state index contributed by atoms with van der Waals surface area (Å²) >= 11 is 0. The summed E-state index contributed by atoms with van der Waals surface area (Å²) in [6.07, 6.45) is 2.44. The first-order valence-electron chi connectivity index (χ1n) is 10.0. The van der Waals surface area contributed by atoms with Crippen LogP contribution in [-0.2, 0) is 11.3 Å². The summed E-state index contributed by atoms with van der Waals surface area (Å²) in [5, 5.41) is 17.9. The second-order valence-corrected chi connectivity index (χ2v) is 7.43. The number of halogens is 1. The van der Waals surface area contributed by atoms with Gasteiger partial charge in [-0.05, 0) is 35.9 Å². The third-order valence-corrected chi connectivity index (χ3v) is 5.27. The monoisotopic (exact) mass is 441 g/mol. The van der Waals surface area contributed by atoms with Gasteiger partial charge in [0.05, 0.1) is 29.4 Å². The van der Waals surface area contributed by atoms with E-state index in [1.54, 1.807) is 36.4 Å². The van der Waals surface area contributed by atoms with E-state index in [0.29, 0.717) is 16.8 Å². The Labute approximate surface area is 186 Å². The lowest BCUT2D eigenvalue weighted by molar-refractivity contribution is -0.112. The molecule has 0 saturated heterocycles. The van der Waals surface area contributed by atoms with Crippen LogP contribution in [-0.4, -0.2) is 22.9 Å². The van der Waals surface area contributed by atoms with Crippen LogP contribution in [0.3, 0.4) is 0 Å². The molecule has 3 aromatic carbocycles. The van der Waals surface area contributed by atoms with E-state index < -0.39 is 0 Å². The van der Waals surface area contributed by atoms with E-state index in [4.69, 9.17) is 4.42 Å². The quantitative estimate of drug-likeness (QED) is 0.382. The van der Waals surface area contributed by atoms with Gasteiger partial charge in [0.25, 0.3) is 5.91 Å². The van der Waals surface area contributed by atoms with Gasteiger partial charge in [-0.1, -0.05) is 30.3 Å². The van der Waals surface area contributed by atoms with Crippen LogP contribution in [0.2, 0.25) is 0 Å². The van der Waals surface area contributed by atoms with Crippen LogP contribution in [0.4, 0.5) is 10.1 Å². The first kappa shape index (κ1) is 20.3. The highest BCUT2D eigenvalue weighted by Gasteiger charge is 2.33. The maximum atomic E-state index is 13.6. The molecule has 33 heavy (non-hydrogen) atoms. The van der Waals surface area contributed by atoms with Gasteiger partial charge in [0.2, 0.25) is 5.43 Å². The fraction of sp³-hybridized carbons (Fsp3) is 0.0400. The van der Waals surface area contributed by atoms with Crippen LogP contribution in [0, 0.1) is 5.82 Å². The molecule has 0 fully saturated rings. The van der Waals surface area contributed by atoms with Crippen LogP contribution in [0.15, 0.2) is 92.4 Å². The number of nitrogens with zero attached hydrogens (tertiary/aromatic N) is 3. The van der Waals surface area contributed by atoms with E-state index in [1.807, 2.05) is 0 Å². The number of phenolic OH excluding ortho intramolecular Hbond substituents is 1. The number of anilines is 1. The van der Waals surface area contributed by atoms with Gasteiger partial charge in [0, 0.05) is 11.6 Å². The maximum absolute atomic E-state index is 13.6. The van der Waals surface area contributed by atoms with E-state index in [-0.39, 0.29) is 51.7 Å². The lowest BCUT2D eigenvalue weighted by atomic mass is 10.1. The Balaban J connectivity index is 1.47. The summed E-state index contributed by atoms with van der Waals surface area (Å²) < 4.78 is 19.0. The minimum Gasteiger partial charge on any atom is -0.508 e. The topological polar surface area (TPSA) is 95.5 Å². The van der Waals surface area contributed by atoms with Crippen LogP contribution < -0.4 is 10.3 Å². The molecule has 7 nitrogen and oxygen atoms in total. The average Bonchev–Trinajstić information content (AvgIpc) is 3.06. The molecule has 1 aliphatic rings. The molecule has 1 N–H and O–H groups in total. The Morgan fingerprint density at radius 1 is 1.03 bits per heavy atom. The fourth-order valence-electron chi connectivity index (χ4n) is 3.70. The van der Waals surface area contributed by atoms with Gasteiger partial charge in [0.1, 0.15) is 23.4 Å². The summed E-state index contributed by atoms with van der Waals surface area (Å²) in [5.41, 5.74) is 2.05. The lowest BCUT2D eigenvalue weighted by Crippen LogP contribution is -2.29. The normalized spacial score (nSPS) is 14.5. The molecule has 4 aromatic rings. The second kappa shape index (κ2) is 8.16. The van der Waals surface area contributed by atoms with Gasteiger partial charge in [-0.2, -0.15) is 5.10 Å². The van der Waals surface area contributed by atoms with E-state index in [0.717, 1.165) is 0 Å². The van der Waals surface area contributed by atoms with E-state index >= 15 is 0 Å². The first-order valence-corrected chi connectivity index (χ1v) is 10.0. The van der Waals surface area contributed by atoms with E-state index in [9.17, 15) is 19.1 Å². The van der Waals surface area contributed by atoms with Crippen molar-refractivity contribution in [2.24, 2.45) is 10.2 Å². The summed E-state index contributed by atoms with van der Waals surface area (Å²) in [6, 6.07) is 17.4. The number of fused-ring (bicyclic) bond motifs is 2. The summed E-state index contributed by atoms with van der Waals surface area (Å²) in [7, 11) is 0. The summed E-state index contributed by atoms with van der Waals surface area (Å²) in [6.45, 7) is 0.178. The van der Waals surface area contributed by atoms with Crippen molar-refractivity contribution in [1.82, 2.24) is 0 Å². The Bertz CT molecular complexity index is 1520. The number of benzene rings is 3. The zero-order valence-electron chi connectivity index (χ0n) is 17.1. The smallest absolute Gasteiger partial charge is 0.279 e. The van der Waals surface area contributed by atoms with Gasteiger partial charge in [-0.15, -0.1) is 5.10 Å². The lowest BCUT2D eigenvalue weighted by Gasteiger charge is -2.16. The van der Waals surface area contributed by atoms with Gasteiger partial charge in [0.15, 0.2) is 5.71 Å². The third-order valence-electron chi connectivity index (χ3n) is 5.27. The largest absolute Gasteiger partial charge is 0.508 e. The van der Waals surface area contributed by atoms with Crippen molar-refractivity contribution >= 4 is 34.5 Å². The summed E-state index contributed by atoms with van der Waals surface area (Å²) in [5.74, 6) is -0.770. The summed E-state index contributed by atoms with van der Waals surface area (Å²) in [4.78, 5) is 27.2. The van der Waals surface area contributed by atoms with Crippen LogP contribution >= 0.6 is 0 Å². The van der Waals surface area contributed by atoms with Crippen LogP contribution in [0.5, 0.6) is 5.75 Å². The van der Waals surface area contributed by atoms with Crippen molar-refractivity contribution in [2.45, 2.75) is 6.54 Å². The number of carbonyl (C=O) groups is 1. The molecule has 0 aliphatic carbocycles. The van der Waals surface area contributed by atoms with Crippen molar-refractivity contribution < 1.29 is 18.7 Å². The van der Waals surface area contributed by atoms with Gasteiger partial charge < -0.3 is 14.4 Å². The zero-order chi connectivity index (χ0) is 22.9. The highest BCUT2D eigenvalue weighted by atomic mass is 19.1. The maximum Gasteiger partial charge on any atom is 0.279 e. The highest BCUT2D eigenvalue weighted by Crippen LogP contribution is 2.30. The van der Waals surface area contributed by atoms with Crippen molar-refractivity contribution in [2.75, 3.05) is 4.90 Å². The number of phenols is 1. The molecule has 1 aromatic heterocycles. The molecule has 1 amide bonds. The van der Waals surface area contributed by atoms with E-state index in [1.165, 1.54) is 47.7 Å². The molecule has 0 atom stereocenters. The minimum absolute atomic E-state index is 0.0142. The molecule has 1 aliphatic heterocycles. The number of hydrogen-bond acceptors (Lipinski definition) is 6. The third kappa shape index (κ3) is 3.78. The van der Waals surface area contributed by atoms with Gasteiger partial charge in [-0.25, -0.2) is 4.39 Å². The molecule has 8 heteroatoms. The number of hydrogen-bond donors (Lipinski definition) is 1. The Hall–Kier alpha value is -4.59. The molecular formula is C25H16FN3O4. The molecule has 0 spiro atoms.